The minimum atomic E-state index is -0.0921. The molecule has 0 unspecified atom stereocenters. The summed E-state index contributed by atoms with van der Waals surface area (Å²) in [7, 11) is 0. The van der Waals surface area contributed by atoms with Gasteiger partial charge in [-0.1, -0.05) is 18.2 Å². The molecule has 1 aromatic carbocycles. The maximum Gasteiger partial charge on any atom is 0.127 e. The highest BCUT2D eigenvalue weighted by molar-refractivity contribution is 5.35. The number of nitrogens with zero attached hydrogens (tertiary/aromatic N) is 3. The zero-order valence-corrected chi connectivity index (χ0v) is 14.5. The van der Waals surface area contributed by atoms with Gasteiger partial charge in [-0.25, -0.2) is 9.07 Å². The molecule has 2 N–H and O–H groups in total. The van der Waals surface area contributed by atoms with Gasteiger partial charge in [0.05, 0.1) is 6.20 Å². The highest BCUT2D eigenvalue weighted by Gasteiger charge is 2.22. The van der Waals surface area contributed by atoms with Crippen LogP contribution in [0.3, 0.4) is 0 Å². The minimum Gasteiger partial charge on any atom is -0.370 e. The first kappa shape index (κ1) is 16.5. The highest BCUT2D eigenvalue weighted by Crippen LogP contribution is 2.18. The van der Waals surface area contributed by atoms with Crippen LogP contribution < -0.4 is 10.6 Å². The van der Waals surface area contributed by atoms with Gasteiger partial charge >= 0.3 is 0 Å². The number of benzene rings is 1. The van der Waals surface area contributed by atoms with Gasteiger partial charge in [-0.3, -0.25) is 4.90 Å². The Morgan fingerprint density at radius 2 is 2.04 bits per heavy atom. The molecule has 2 aliphatic heterocycles. The van der Waals surface area contributed by atoms with Crippen molar-refractivity contribution in [3.05, 3.63) is 47.9 Å². The average molecular weight is 343 g/mol. The van der Waals surface area contributed by atoms with Gasteiger partial charge in [0.25, 0.3) is 0 Å². The van der Waals surface area contributed by atoms with E-state index in [0.717, 1.165) is 56.9 Å². The van der Waals surface area contributed by atoms with E-state index in [0.29, 0.717) is 18.5 Å². The normalized spacial score (nSPS) is 21.7. The Balaban J connectivity index is 1.20. The van der Waals surface area contributed by atoms with E-state index < -0.39 is 0 Å². The largest absolute Gasteiger partial charge is 0.370 e. The van der Waals surface area contributed by atoms with Crippen LogP contribution in [-0.2, 0) is 13.1 Å². The van der Waals surface area contributed by atoms with Crippen molar-refractivity contribution in [1.82, 2.24) is 20.0 Å². The van der Waals surface area contributed by atoms with Crippen molar-refractivity contribution in [3.8, 4) is 0 Å². The van der Waals surface area contributed by atoms with E-state index in [2.05, 4.69) is 20.6 Å². The van der Waals surface area contributed by atoms with Crippen molar-refractivity contribution in [2.75, 3.05) is 31.5 Å². The van der Waals surface area contributed by atoms with Gasteiger partial charge in [-0.05, 0) is 32.0 Å². The van der Waals surface area contributed by atoms with Crippen LogP contribution in [0, 0.1) is 11.7 Å². The molecule has 25 heavy (non-hydrogen) atoms. The Hall–Kier alpha value is -1.92. The highest BCUT2D eigenvalue weighted by atomic mass is 19.1. The van der Waals surface area contributed by atoms with E-state index >= 15 is 0 Å². The van der Waals surface area contributed by atoms with E-state index in [9.17, 15) is 4.39 Å². The summed E-state index contributed by atoms with van der Waals surface area (Å²) >= 11 is 0. The molecular formula is C19H26FN5. The smallest absolute Gasteiger partial charge is 0.127 e. The second-order valence-electron chi connectivity index (χ2n) is 7.20. The lowest BCUT2D eigenvalue weighted by Gasteiger charge is -2.34. The number of likely N-dealkylation sites (tertiary alicyclic amines) is 1. The summed E-state index contributed by atoms with van der Waals surface area (Å²) in [4.78, 5) is 2.36. The Bertz CT molecular complexity index is 693. The third kappa shape index (κ3) is 4.02. The fraction of sp³-hybridized carbons (Fsp3) is 0.526. The molecule has 0 amide bonds. The van der Waals surface area contributed by atoms with Gasteiger partial charge in [0, 0.05) is 49.8 Å². The molecule has 0 saturated carbocycles. The Kier molecular flexibility index (Phi) is 4.99. The first-order valence-corrected chi connectivity index (χ1v) is 9.23. The molecule has 1 saturated heterocycles. The van der Waals surface area contributed by atoms with Gasteiger partial charge in [0.15, 0.2) is 0 Å². The Labute approximate surface area is 148 Å². The first-order valence-electron chi connectivity index (χ1n) is 9.23. The van der Waals surface area contributed by atoms with Crippen LogP contribution in [0.4, 0.5) is 10.2 Å². The number of piperidine rings is 1. The molecule has 1 aromatic heterocycles. The van der Waals surface area contributed by atoms with E-state index in [1.165, 1.54) is 0 Å². The minimum absolute atomic E-state index is 0.0921. The number of aromatic nitrogens is 2. The Morgan fingerprint density at radius 3 is 2.88 bits per heavy atom. The molecule has 3 heterocycles. The predicted octanol–water partition coefficient (Wildman–Crippen LogP) is 2.32. The zero-order valence-electron chi connectivity index (χ0n) is 14.5. The van der Waals surface area contributed by atoms with Crippen LogP contribution >= 0.6 is 0 Å². The van der Waals surface area contributed by atoms with E-state index in [4.69, 9.17) is 0 Å². The molecule has 0 spiro atoms. The van der Waals surface area contributed by atoms with Crippen molar-refractivity contribution in [2.45, 2.75) is 32.0 Å². The molecule has 1 atom stereocenters. The van der Waals surface area contributed by atoms with Crippen LogP contribution in [0.25, 0.3) is 0 Å². The molecule has 4 rings (SSSR count). The summed E-state index contributed by atoms with van der Waals surface area (Å²) in [5.41, 5.74) is 0.803. The summed E-state index contributed by atoms with van der Waals surface area (Å²) in [5, 5.41) is 11.5. The van der Waals surface area contributed by atoms with Crippen LogP contribution in [0.1, 0.15) is 18.4 Å². The first-order chi connectivity index (χ1) is 12.3. The van der Waals surface area contributed by atoms with Gasteiger partial charge in [-0.2, -0.15) is 5.10 Å². The number of hydrogen-bond donors (Lipinski definition) is 2. The molecule has 2 aliphatic rings. The summed E-state index contributed by atoms with van der Waals surface area (Å²) in [6, 6.07) is 9.69. The Morgan fingerprint density at radius 1 is 1.20 bits per heavy atom. The molecule has 134 valence electrons. The second-order valence-corrected chi connectivity index (χ2v) is 7.20. The number of hydrogen-bond acceptors (Lipinski definition) is 4. The summed E-state index contributed by atoms with van der Waals surface area (Å²) in [5.74, 6) is 1.60. The molecule has 0 radical (unpaired) electrons. The lowest BCUT2D eigenvalue weighted by atomic mass is 10.0. The van der Waals surface area contributed by atoms with Crippen molar-refractivity contribution >= 4 is 5.82 Å². The fourth-order valence-corrected chi connectivity index (χ4v) is 3.82. The summed E-state index contributed by atoms with van der Waals surface area (Å²) in [6.45, 7) is 5.77. The third-order valence-corrected chi connectivity index (χ3v) is 5.35. The van der Waals surface area contributed by atoms with Crippen LogP contribution in [0.5, 0.6) is 0 Å². The SMILES string of the molecule is Fc1ccccc1CN1CCC(NC[C@@H]2CNc3ccnn3C2)CC1. The molecule has 5 nitrogen and oxygen atoms in total. The predicted molar refractivity (Wildman–Crippen MR) is 96.9 cm³/mol. The van der Waals surface area contributed by atoms with E-state index in [1.54, 1.807) is 12.1 Å². The lowest BCUT2D eigenvalue weighted by Crippen LogP contribution is -2.45. The van der Waals surface area contributed by atoms with Gasteiger partial charge in [0.1, 0.15) is 11.6 Å². The maximum atomic E-state index is 13.8. The quantitative estimate of drug-likeness (QED) is 0.875. The molecule has 1 fully saturated rings. The third-order valence-electron chi connectivity index (χ3n) is 5.35. The fourth-order valence-electron chi connectivity index (χ4n) is 3.82. The molecule has 0 bridgehead atoms. The van der Waals surface area contributed by atoms with Crippen molar-refractivity contribution < 1.29 is 4.39 Å². The summed E-state index contributed by atoms with van der Waals surface area (Å²) in [6.07, 6.45) is 4.10. The maximum absolute atomic E-state index is 13.8. The molecule has 6 heteroatoms. The van der Waals surface area contributed by atoms with Crippen LogP contribution in [0.2, 0.25) is 0 Å². The average Bonchev–Trinajstić information content (AvgIpc) is 3.11. The second kappa shape index (κ2) is 7.54. The number of nitrogens with one attached hydrogen (secondary N) is 2. The lowest BCUT2D eigenvalue weighted by molar-refractivity contribution is 0.185. The van der Waals surface area contributed by atoms with Crippen LogP contribution in [-0.4, -0.2) is 46.9 Å². The van der Waals surface area contributed by atoms with E-state index in [1.807, 2.05) is 29.1 Å². The number of anilines is 1. The van der Waals surface area contributed by atoms with Crippen LogP contribution in [0.15, 0.2) is 36.5 Å². The number of halogens is 1. The molecule has 0 aliphatic carbocycles. The van der Waals surface area contributed by atoms with Crippen molar-refractivity contribution in [1.29, 1.82) is 0 Å². The van der Waals surface area contributed by atoms with Crippen molar-refractivity contribution in [3.63, 3.8) is 0 Å². The summed E-state index contributed by atoms with van der Waals surface area (Å²) < 4.78 is 15.8. The van der Waals surface area contributed by atoms with Crippen molar-refractivity contribution in [2.24, 2.45) is 5.92 Å². The monoisotopic (exact) mass is 343 g/mol. The van der Waals surface area contributed by atoms with Gasteiger partial charge in [-0.15, -0.1) is 0 Å². The standard InChI is InChI=1S/C19H26FN5/c20-18-4-2-1-3-16(18)14-24-9-6-17(7-10-24)21-11-15-12-22-19-5-8-23-25(19)13-15/h1-5,8,15,17,21-22H,6-7,9-14H2/t15-/m1/s1. The number of fused-ring (bicyclic) bond motifs is 1. The van der Waals surface area contributed by atoms with E-state index in [-0.39, 0.29) is 5.82 Å². The van der Waals surface area contributed by atoms with Gasteiger partial charge < -0.3 is 10.6 Å². The zero-order chi connectivity index (χ0) is 17.1. The number of rotatable bonds is 5. The van der Waals surface area contributed by atoms with Gasteiger partial charge in [0.2, 0.25) is 0 Å². The topological polar surface area (TPSA) is 45.1 Å². The molecule has 2 aromatic rings. The molecular weight excluding hydrogens is 317 g/mol.